The van der Waals surface area contributed by atoms with E-state index in [9.17, 15) is 4.79 Å². The van der Waals surface area contributed by atoms with Gasteiger partial charge in [-0.25, -0.2) is 4.79 Å². The standard InChI is InChI=1S/C13H14O4S/c1-4-17-10-7-11-8(5-9(10)15-2)6-12(18-11)13(14)16-3/h5-7H,4H2,1-3H3. The molecule has 0 unspecified atom stereocenters. The molecule has 0 spiro atoms. The van der Waals surface area contributed by atoms with Crippen LogP contribution in [0.2, 0.25) is 0 Å². The molecule has 1 aromatic carbocycles. The Labute approximate surface area is 109 Å². The number of hydrogen-bond donors (Lipinski definition) is 0. The van der Waals surface area contributed by atoms with Crippen LogP contribution < -0.4 is 9.47 Å². The predicted molar refractivity (Wildman–Crippen MR) is 70.9 cm³/mol. The van der Waals surface area contributed by atoms with Gasteiger partial charge in [-0.2, -0.15) is 0 Å². The van der Waals surface area contributed by atoms with Crippen LogP contribution in [0.4, 0.5) is 0 Å². The van der Waals surface area contributed by atoms with E-state index in [0.717, 1.165) is 10.1 Å². The third kappa shape index (κ3) is 2.26. The van der Waals surface area contributed by atoms with E-state index in [0.29, 0.717) is 23.0 Å². The van der Waals surface area contributed by atoms with Gasteiger partial charge in [-0.15, -0.1) is 11.3 Å². The fourth-order valence-corrected chi connectivity index (χ4v) is 2.67. The first kappa shape index (κ1) is 12.7. The largest absolute Gasteiger partial charge is 0.493 e. The van der Waals surface area contributed by atoms with Gasteiger partial charge in [0.15, 0.2) is 11.5 Å². The van der Waals surface area contributed by atoms with Crippen LogP contribution in [0.15, 0.2) is 18.2 Å². The molecule has 1 aromatic heterocycles. The van der Waals surface area contributed by atoms with E-state index in [2.05, 4.69) is 0 Å². The Morgan fingerprint density at radius 1 is 1.22 bits per heavy atom. The second kappa shape index (κ2) is 5.27. The molecule has 4 nitrogen and oxygen atoms in total. The summed E-state index contributed by atoms with van der Waals surface area (Å²) in [6, 6.07) is 5.54. The summed E-state index contributed by atoms with van der Waals surface area (Å²) in [5.74, 6) is 1.03. The molecule has 0 N–H and O–H groups in total. The molecule has 0 aliphatic rings. The lowest BCUT2D eigenvalue weighted by Crippen LogP contribution is -1.96. The smallest absolute Gasteiger partial charge is 0.348 e. The quantitative estimate of drug-likeness (QED) is 0.798. The van der Waals surface area contributed by atoms with Crippen molar-refractivity contribution >= 4 is 27.4 Å². The third-order valence-corrected chi connectivity index (χ3v) is 3.57. The molecule has 0 aliphatic heterocycles. The van der Waals surface area contributed by atoms with Crippen molar-refractivity contribution in [3.63, 3.8) is 0 Å². The Bertz CT molecular complexity index is 574. The summed E-state index contributed by atoms with van der Waals surface area (Å²) in [6.07, 6.45) is 0. The summed E-state index contributed by atoms with van der Waals surface area (Å²) >= 11 is 1.38. The average molecular weight is 266 g/mol. The monoisotopic (exact) mass is 266 g/mol. The Hall–Kier alpha value is -1.75. The summed E-state index contributed by atoms with van der Waals surface area (Å²) in [4.78, 5) is 12.0. The Kier molecular flexibility index (Phi) is 3.72. The number of carbonyl (C=O) groups excluding carboxylic acids is 1. The second-order valence-corrected chi connectivity index (χ2v) is 4.66. The van der Waals surface area contributed by atoms with E-state index < -0.39 is 0 Å². The van der Waals surface area contributed by atoms with Crippen molar-refractivity contribution in [1.82, 2.24) is 0 Å². The fourth-order valence-electron chi connectivity index (χ4n) is 1.68. The third-order valence-electron chi connectivity index (χ3n) is 2.49. The Balaban J connectivity index is 2.52. The number of hydrogen-bond acceptors (Lipinski definition) is 5. The fraction of sp³-hybridized carbons (Fsp3) is 0.308. The van der Waals surface area contributed by atoms with Crippen molar-refractivity contribution in [2.24, 2.45) is 0 Å². The summed E-state index contributed by atoms with van der Waals surface area (Å²) in [5.41, 5.74) is 0. The first-order valence-electron chi connectivity index (χ1n) is 5.52. The number of esters is 1. The predicted octanol–water partition coefficient (Wildman–Crippen LogP) is 3.10. The van der Waals surface area contributed by atoms with Crippen molar-refractivity contribution in [2.45, 2.75) is 6.92 Å². The first-order chi connectivity index (χ1) is 8.69. The maximum Gasteiger partial charge on any atom is 0.348 e. The van der Waals surface area contributed by atoms with Gasteiger partial charge in [0.1, 0.15) is 4.88 Å². The molecular weight excluding hydrogens is 252 g/mol. The van der Waals surface area contributed by atoms with Gasteiger partial charge in [-0.05, 0) is 24.4 Å². The van der Waals surface area contributed by atoms with Gasteiger partial charge in [0.25, 0.3) is 0 Å². The normalized spacial score (nSPS) is 10.4. The van der Waals surface area contributed by atoms with E-state index >= 15 is 0 Å². The first-order valence-corrected chi connectivity index (χ1v) is 6.34. The summed E-state index contributed by atoms with van der Waals surface area (Å²) in [6.45, 7) is 2.48. The highest BCUT2D eigenvalue weighted by atomic mass is 32.1. The molecule has 0 bridgehead atoms. The number of thiophene rings is 1. The van der Waals surface area contributed by atoms with Crippen molar-refractivity contribution in [2.75, 3.05) is 20.8 Å². The number of rotatable bonds is 4. The zero-order valence-electron chi connectivity index (χ0n) is 10.5. The van der Waals surface area contributed by atoms with E-state index in [-0.39, 0.29) is 5.97 Å². The molecule has 0 amide bonds. The molecule has 0 saturated carbocycles. The van der Waals surface area contributed by atoms with Crippen LogP contribution in [0.25, 0.3) is 10.1 Å². The van der Waals surface area contributed by atoms with Gasteiger partial charge in [0.05, 0.1) is 20.8 Å². The lowest BCUT2D eigenvalue weighted by atomic mass is 10.2. The highest BCUT2D eigenvalue weighted by Crippen LogP contribution is 2.36. The molecule has 96 valence electrons. The van der Waals surface area contributed by atoms with Crippen molar-refractivity contribution < 1.29 is 19.0 Å². The van der Waals surface area contributed by atoms with Crippen LogP contribution in [0.3, 0.4) is 0 Å². The lowest BCUT2D eigenvalue weighted by molar-refractivity contribution is 0.0606. The van der Waals surface area contributed by atoms with E-state index in [1.54, 1.807) is 13.2 Å². The molecular formula is C13H14O4S. The van der Waals surface area contributed by atoms with Crippen LogP contribution in [-0.4, -0.2) is 26.8 Å². The van der Waals surface area contributed by atoms with Crippen molar-refractivity contribution in [3.05, 3.63) is 23.1 Å². The number of fused-ring (bicyclic) bond motifs is 1. The molecule has 0 aliphatic carbocycles. The van der Waals surface area contributed by atoms with E-state index in [1.165, 1.54) is 18.4 Å². The van der Waals surface area contributed by atoms with Crippen LogP contribution in [0.5, 0.6) is 11.5 Å². The lowest BCUT2D eigenvalue weighted by Gasteiger charge is -2.08. The Morgan fingerprint density at radius 3 is 2.61 bits per heavy atom. The molecule has 18 heavy (non-hydrogen) atoms. The van der Waals surface area contributed by atoms with Gasteiger partial charge in [-0.3, -0.25) is 0 Å². The Morgan fingerprint density at radius 2 is 2.00 bits per heavy atom. The molecule has 5 heteroatoms. The molecule has 0 saturated heterocycles. The van der Waals surface area contributed by atoms with Gasteiger partial charge in [0, 0.05) is 10.8 Å². The van der Waals surface area contributed by atoms with Crippen LogP contribution in [-0.2, 0) is 4.74 Å². The van der Waals surface area contributed by atoms with Gasteiger partial charge in [0.2, 0.25) is 0 Å². The molecule has 0 atom stereocenters. The summed E-state index contributed by atoms with van der Waals surface area (Å²) in [5, 5.41) is 0.945. The van der Waals surface area contributed by atoms with Gasteiger partial charge < -0.3 is 14.2 Å². The van der Waals surface area contributed by atoms with Gasteiger partial charge >= 0.3 is 5.97 Å². The topological polar surface area (TPSA) is 44.8 Å². The molecule has 1 heterocycles. The highest BCUT2D eigenvalue weighted by Gasteiger charge is 2.13. The van der Waals surface area contributed by atoms with Crippen LogP contribution >= 0.6 is 11.3 Å². The molecule has 2 aromatic rings. The minimum absolute atomic E-state index is 0.326. The van der Waals surface area contributed by atoms with Crippen LogP contribution in [0, 0.1) is 0 Å². The minimum Gasteiger partial charge on any atom is -0.493 e. The molecule has 0 radical (unpaired) electrons. The molecule has 0 fully saturated rings. The van der Waals surface area contributed by atoms with E-state index in [4.69, 9.17) is 14.2 Å². The van der Waals surface area contributed by atoms with Gasteiger partial charge in [-0.1, -0.05) is 0 Å². The zero-order chi connectivity index (χ0) is 13.1. The van der Waals surface area contributed by atoms with Crippen LogP contribution in [0.1, 0.15) is 16.6 Å². The summed E-state index contributed by atoms with van der Waals surface area (Å²) < 4.78 is 16.4. The van der Waals surface area contributed by atoms with Crippen molar-refractivity contribution in [1.29, 1.82) is 0 Å². The highest BCUT2D eigenvalue weighted by molar-refractivity contribution is 7.20. The minimum atomic E-state index is -0.326. The number of ether oxygens (including phenoxy) is 3. The number of benzene rings is 1. The molecule has 2 rings (SSSR count). The van der Waals surface area contributed by atoms with E-state index in [1.807, 2.05) is 19.1 Å². The average Bonchev–Trinajstić information content (AvgIpc) is 2.80. The SMILES string of the molecule is CCOc1cc2sc(C(=O)OC)cc2cc1OC. The summed E-state index contributed by atoms with van der Waals surface area (Å²) in [7, 11) is 2.97. The maximum atomic E-state index is 11.5. The second-order valence-electron chi connectivity index (χ2n) is 3.58. The number of carbonyl (C=O) groups is 1. The maximum absolute atomic E-state index is 11.5. The number of methoxy groups -OCH3 is 2. The zero-order valence-corrected chi connectivity index (χ0v) is 11.3. The van der Waals surface area contributed by atoms with Crippen molar-refractivity contribution in [3.8, 4) is 11.5 Å².